The first-order valence-electron chi connectivity index (χ1n) is 9.38. The number of carbonyl (C=O) groups excluding carboxylic acids is 2. The van der Waals surface area contributed by atoms with Crippen LogP contribution in [0.3, 0.4) is 0 Å². The van der Waals surface area contributed by atoms with Gasteiger partial charge in [-0.1, -0.05) is 42.0 Å². The highest BCUT2D eigenvalue weighted by Gasteiger charge is 2.21. The van der Waals surface area contributed by atoms with E-state index in [1.165, 1.54) is 0 Å². The molecule has 1 heterocycles. The zero-order valence-corrected chi connectivity index (χ0v) is 15.9. The van der Waals surface area contributed by atoms with E-state index in [-0.39, 0.29) is 18.2 Å². The summed E-state index contributed by atoms with van der Waals surface area (Å²) in [4.78, 5) is 37.6. The van der Waals surface area contributed by atoms with Crippen LogP contribution in [0, 0.1) is 6.92 Å². The fraction of sp³-hybridized carbons (Fsp3) is 0.318. The Kier molecular flexibility index (Phi) is 6.09. The minimum atomic E-state index is -0.979. The first-order chi connectivity index (χ1) is 13.4. The zero-order chi connectivity index (χ0) is 20.1. The molecule has 6 heteroatoms. The first kappa shape index (κ1) is 19.6. The van der Waals surface area contributed by atoms with Gasteiger partial charge in [0.25, 0.3) is 5.91 Å². The lowest BCUT2D eigenvalue weighted by Gasteiger charge is -2.19. The molecular weight excluding hydrogens is 356 g/mol. The molecule has 146 valence electrons. The summed E-state index contributed by atoms with van der Waals surface area (Å²) >= 11 is 0. The van der Waals surface area contributed by atoms with Crippen LogP contribution in [0.25, 0.3) is 0 Å². The molecule has 6 nitrogen and oxygen atoms in total. The normalized spacial score (nSPS) is 14.8. The molecular formula is C22H24N2O4. The molecule has 0 aromatic heterocycles. The smallest absolute Gasteiger partial charge is 0.305 e. The number of carbonyl (C=O) groups is 3. The number of benzene rings is 2. The van der Waals surface area contributed by atoms with Gasteiger partial charge < -0.3 is 15.3 Å². The van der Waals surface area contributed by atoms with Gasteiger partial charge in [-0.2, -0.15) is 0 Å². The number of rotatable bonds is 7. The van der Waals surface area contributed by atoms with E-state index in [1.54, 1.807) is 23.1 Å². The molecule has 1 aliphatic heterocycles. The van der Waals surface area contributed by atoms with E-state index in [1.807, 2.05) is 37.3 Å². The monoisotopic (exact) mass is 380 g/mol. The standard InChI is InChI=1S/C22H24N2O4/c1-15-7-9-17(10-8-15)19(13-21(26)27)23-22(28)18-5-2-4-16(12-18)14-24-11-3-6-20(24)25/h2,4-5,7-10,12,19H,3,6,11,13-14H2,1H3,(H,23,28)(H,26,27)/t19-/m1/s1. The van der Waals surface area contributed by atoms with Crippen molar-refractivity contribution in [2.75, 3.05) is 6.54 Å². The number of likely N-dealkylation sites (tertiary alicyclic amines) is 1. The predicted octanol–water partition coefficient (Wildman–Crippen LogP) is 3.06. The summed E-state index contributed by atoms with van der Waals surface area (Å²) in [7, 11) is 0. The van der Waals surface area contributed by atoms with Crippen molar-refractivity contribution in [2.24, 2.45) is 0 Å². The molecule has 0 saturated carbocycles. The molecule has 1 atom stereocenters. The number of nitrogens with one attached hydrogen (secondary N) is 1. The van der Waals surface area contributed by atoms with Gasteiger partial charge in [-0.05, 0) is 36.6 Å². The first-order valence-corrected chi connectivity index (χ1v) is 9.38. The Bertz CT molecular complexity index is 876. The number of amides is 2. The van der Waals surface area contributed by atoms with Crippen LogP contribution in [-0.2, 0) is 16.1 Å². The lowest BCUT2D eigenvalue weighted by Crippen LogP contribution is -2.30. The van der Waals surface area contributed by atoms with Gasteiger partial charge in [0, 0.05) is 25.1 Å². The third-order valence-electron chi connectivity index (χ3n) is 4.90. The Morgan fingerprint density at radius 1 is 1.18 bits per heavy atom. The second kappa shape index (κ2) is 8.69. The molecule has 1 fully saturated rings. The summed E-state index contributed by atoms with van der Waals surface area (Å²) in [6, 6.07) is 13.9. The molecule has 2 N–H and O–H groups in total. The summed E-state index contributed by atoms with van der Waals surface area (Å²) in [6.45, 7) is 3.17. The van der Waals surface area contributed by atoms with Crippen molar-refractivity contribution < 1.29 is 19.5 Å². The van der Waals surface area contributed by atoms with E-state index in [4.69, 9.17) is 0 Å². The van der Waals surface area contributed by atoms with Gasteiger partial charge >= 0.3 is 5.97 Å². The maximum Gasteiger partial charge on any atom is 0.305 e. The van der Waals surface area contributed by atoms with Crippen molar-refractivity contribution in [1.29, 1.82) is 0 Å². The molecule has 1 saturated heterocycles. The van der Waals surface area contributed by atoms with Crippen molar-refractivity contribution in [2.45, 2.75) is 38.8 Å². The molecule has 28 heavy (non-hydrogen) atoms. The summed E-state index contributed by atoms with van der Waals surface area (Å²) in [5, 5.41) is 12.1. The van der Waals surface area contributed by atoms with Gasteiger partial charge in [0.2, 0.25) is 5.91 Å². The number of hydrogen-bond acceptors (Lipinski definition) is 3. The third-order valence-corrected chi connectivity index (χ3v) is 4.90. The lowest BCUT2D eigenvalue weighted by molar-refractivity contribution is -0.137. The second-order valence-corrected chi connectivity index (χ2v) is 7.15. The molecule has 2 aromatic rings. The van der Waals surface area contributed by atoms with E-state index < -0.39 is 12.0 Å². The van der Waals surface area contributed by atoms with E-state index in [0.717, 1.165) is 29.7 Å². The van der Waals surface area contributed by atoms with E-state index >= 15 is 0 Å². The van der Waals surface area contributed by atoms with Gasteiger partial charge in [0.15, 0.2) is 0 Å². The summed E-state index contributed by atoms with van der Waals surface area (Å²) in [5.74, 6) is -1.18. The maximum atomic E-state index is 12.7. The zero-order valence-electron chi connectivity index (χ0n) is 15.9. The minimum Gasteiger partial charge on any atom is -0.481 e. The van der Waals surface area contributed by atoms with E-state index in [2.05, 4.69) is 5.32 Å². The summed E-state index contributed by atoms with van der Waals surface area (Å²) in [5.41, 5.74) is 3.15. The average Bonchev–Trinajstić information content (AvgIpc) is 3.06. The van der Waals surface area contributed by atoms with Gasteiger partial charge in [-0.15, -0.1) is 0 Å². The maximum absolute atomic E-state index is 12.7. The number of hydrogen-bond donors (Lipinski definition) is 2. The number of aryl methyl sites for hydroxylation is 1. The van der Waals surface area contributed by atoms with Gasteiger partial charge in [-0.3, -0.25) is 14.4 Å². The SMILES string of the molecule is Cc1ccc([C@@H](CC(=O)O)NC(=O)c2cccc(CN3CCCC3=O)c2)cc1. The number of aliphatic carboxylic acids is 1. The van der Waals surface area contributed by atoms with Crippen LogP contribution in [-0.4, -0.2) is 34.3 Å². The van der Waals surface area contributed by atoms with E-state index in [9.17, 15) is 19.5 Å². The molecule has 2 amide bonds. The fourth-order valence-corrected chi connectivity index (χ4v) is 3.37. The summed E-state index contributed by atoms with van der Waals surface area (Å²) < 4.78 is 0. The molecule has 0 aliphatic carbocycles. The van der Waals surface area contributed by atoms with Gasteiger partial charge in [0.1, 0.15) is 0 Å². The Morgan fingerprint density at radius 2 is 1.93 bits per heavy atom. The molecule has 1 aliphatic rings. The van der Waals surface area contributed by atoms with Crippen LogP contribution >= 0.6 is 0 Å². The lowest BCUT2D eigenvalue weighted by atomic mass is 10.0. The number of carboxylic acids is 1. The third kappa shape index (κ3) is 4.97. The Hall–Kier alpha value is -3.15. The molecule has 2 aromatic carbocycles. The van der Waals surface area contributed by atoms with Crippen molar-refractivity contribution in [3.8, 4) is 0 Å². The van der Waals surface area contributed by atoms with Crippen molar-refractivity contribution in [1.82, 2.24) is 10.2 Å². The Labute approximate surface area is 164 Å². The van der Waals surface area contributed by atoms with Crippen LogP contribution in [0.5, 0.6) is 0 Å². The molecule has 0 unspecified atom stereocenters. The molecule has 0 bridgehead atoms. The van der Waals surface area contributed by atoms with Crippen molar-refractivity contribution in [3.63, 3.8) is 0 Å². The minimum absolute atomic E-state index is 0.135. The molecule has 0 spiro atoms. The second-order valence-electron chi connectivity index (χ2n) is 7.15. The molecule has 3 rings (SSSR count). The largest absolute Gasteiger partial charge is 0.481 e. The quantitative estimate of drug-likeness (QED) is 0.773. The number of nitrogens with zero attached hydrogens (tertiary/aromatic N) is 1. The van der Waals surface area contributed by atoms with Crippen molar-refractivity contribution >= 4 is 17.8 Å². The summed E-state index contributed by atoms with van der Waals surface area (Å²) in [6.07, 6.45) is 1.25. The highest BCUT2D eigenvalue weighted by atomic mass is 16.4. The average molecular weight is 380 g/mol. The fourth-order valence-electron chi connectivity index (χ4n) is 3.37. The highest BCUT2D eigenvalue weighted by Crippen LogP contribution is 2.20. The Morgan fingerprint density at radius 3 is 2.57 bits per heavy atom. The highest BCUT2D eigenvalue weighted by molar-refractivity contribution is 5.95. The Balaban J connectivity index is 1.74. The van der Waals surface area contributed by atoms with Gasteiger partial charge in [-0.25, -0.2) is 0 Å². The van der Waals surface area contributed by atoms with Crippen LogP contribution in [0.4, 0.5) is 0 Å². The van der Waals surface area contributed by atoms with Crippen LogP contribution in [0.15, 0.2) is 48.5 Å². The molecule has 0 radical (unpaired) electrons. The van der Waals surface area contributed by atoms with Crippen molar-refractivity contribution in [3.05, 3.63) is 70.8 Å². The van der Waals surface area contributed by atoms with Crippen LogP contribution in [0.1, 0.15) is 52.4 Å². The predicted molar refractivity (Wildman–Crippen MR) is 105 cm³/mol. The van der Waals surface area contributed by atoms with Crippen LogP contribution in [0.2, 0.25) is 0 Å². The van der Waals surface area contributed by atoms with Crippen LogP contribution < -0.4 is 5.32 Å². The van der Waals surface area contributed by atoms with E-state index in [0.29, 0.717) is 18.5 Å². The number of carboxylic acid groups (broad SMARTS) is 1. The topological polar surface area (TPSA) is 86.7 Å². The van der Waals surface area contributed by atoms with Gasteiger partial charge in [0.05, 0.1) is 12.5 Å².